The predicted molar refractivity (Wildman–Crippen MR) is 92.6 cm³/mol. The summed E-state index contributed by atoms with van der Waals surface area (Å²) >= 11 is 5.96. The van der Waals surface area contributed by atoms with E-state index in [4.69, 9.17) is 25.8 Å². The number of ether oxygens (including phenoxy) is 3. The maximum absolute atomic E-state index is 12.2. The molecule has 0 unspecified atom stereocenters. The van der Waals surface area contributed by atoms with E-state index in [2.05, 4.69) is 5.32 Å². The fourth-order valence-electron chi connectivity index (χ4n) is 2.33. The average molecular weight is 379 g/mol. The Morgan fingerprint density at radius 1 is 1.31 bits per heavy atom. The molecule has 9 heteroatoms. The molecular weight excluding hydrogens is 364 g/mol. The molecular formula is C17H15ClN2O6. The van der Waals surface area contributed by atoms with E-state index >= 15 is 0 Å². The van der Waals surface area contributed by atoms with Crippen LogP contribution in [-0.4, -0.2) is 23.7 Å². The van der Waals surface area contributed by atoms with Crippen molar-refractivity contribution in [1.82, 2.24) is 5.32 Å². The lowest BCUT2D eigenvalue weighted by atomic mass is 10.2. The summed E-state index contributed by atoms with van der Waals surface area (Å²) in [6.45, 7) is 2.04. The molecule has 0 saturated carbocycles. The number of halogens is 1. The van der Waals surface area contributed by atoms with Gasteiger partial charge in [0, 0.05) is 18.7 Å². The first-order valence-electron chi connectivity index (χ1n) is 7.71. The van der Waals surface area contributed by atoms with Gasteiger partial charge in [-0.3, -0.25) is 14.9 Å². The van der Waals surface area contributed by atoms with E-state index in [0.29, 0.717) is 11.5 Å². The van der Waals surface area contributed by atoms with E-state index in [1.807, 2.05) is 6.07 Å². The fourth-order valence-corrected chi connectivity index (χ4v) is 2.55. The number of nitro benzene ring substituents is 1. The van der Waals surface area contributed by atoms with Gasteiger partial charge in [-0.15, -0.1) is 0 Å². The van der Waals surface area contributed by atoms with Gasteiger partial charge in [-0.25, -0.2) is 0 Å². The summed E-state index contributed by atoms with van der Waals surface area (Å²) < 4.78 is 16.0. The van der Waals surface area contributed by atoms with E-state index in [9.17, 15) is 14.9 Å². The van der Waals surface area contributed by atoms with Gasteiger partial charge in [0.1, 0.15) is 5.75 Å². The van der Waals surface area contributed by atoms with Crippen LogP contribution in [0, 0.1) is 10.1 Å². The zero-order chi connectivity index (χ0) is 18.7. The smallest absolute Gasteiger partial charge is 0.271 e. The third-order valence-corrected chi connectivity index (χ3v) is 4.00. The Bertz CT molecular complexity index is 857. The van der Waals surface area contributed by atoms with Crippen LogP contribution in [0.25, 0.3) is 0 Å². The summed E-state index contributed by atoms with van der Waals surface area (Å²) in [5.74, 6) is 1.16. The molecule has 0 aromatic heterocycles. The van der Waals surface area contributed by atoms with Crippen molar-refractivity contribution < 1.29 is 23.9 Å². The molecule has 0 radical (unpaired) electrons. The van der Waals surface area contributed by atoms with Crippen LogP contribution in [0.15, 0.2) is 36.4 Å². The van der Waals surface area contributed by atoms with Crippen LogP contribution in [0.1, 0.15) is 12.5 Å². The first kappa shape index (κ1) is 17.8. The number of carbonyl (C=O) groups excluding carboxylic acids is 1. The van der Waals surface area contributed by atoms with Crippen molar-refractivity contribution in [1.29, 1.82) is 0 Å². The summed E-state index contributed by atoms with van der Waals surface area (Å²) in [7, 11) is 0. The molecule has 0 fully saturated rings. The normalized spacial score (nSPS) is 13.2. The van der Waals surface area contributed by atoms with E-state index in [0.717, 1.165) is 5.56 Å². The van der Waals surface area contributed by atoms with Crippen LogP contribution in [0.5, 0.6) is 17.2 Å². The molecule has 0 bridgehead atoms. The number of benzene rings is 2. The lowest BCUT2D eigenvalue weighted by Crippen LogP contribution is -2.35. The molecule has 3 rings (SSSR count). The van der Waals surface area contributed by atoms with Gasteiger partial charge >= 0.3 is 0 Å². The average Bonchev–Trinajstić information content (AvgIpc) is 3.08. The molecule has 1 N–H and O–H groups in total. The Morgan fingerprint density at radius 3 is 2.81 bits per heavy atom. The minimum Gasteiger partial charge on any atom is -0.479 e. The number of nitro groups is 1. The van der Waals surface area contributed by atoms with Crippen molar-refractivity contribution in [3.8, 4) is 17.2 Å². The summed E-state index contributed by atoms with van der Waals surface area (Å²) in [6, 6.07) is 9.20. The standard InChI is InChI=1S/C17H15ClN2O6/c1-10(26-14-5-3-12(20(22)23)7-13(14)18)17(21)19-8-11-2-4-15-16(6-11)25-9-24-15/h2-7,10H,8-9H2,1H3,(H,19,21)/t10-/m1/s1. The molecule has 1 atom stereocenters. The number of hydrogen-bond acceptors (Lipinski definition) is 6. The van der Waals surface area contributed by atoms with Crippen LogP contribution in [0.2, 0.25) is 5.02 Å². The molecule has 1 amide bonds. The maximum atomic E-state index is 12.2. The van der Waals surface area contributed by atoms with Crippen LogP contribution in [0.3, 0.4) is 0 Å². The van der Waals surface area contributed by atoms with Crippen LogP contribution < -0.4 is 19.5 Å². The van der Waals surface area contributed by atoms with E-state index in [-0.39, 0.29) is 35.7 Å². The van der Waals surface area contributed by atoms with Gasteiger partial charge in [0.25, 0.3) is 11.6 Å². The Kier molecular flexibility index (Phi) is 5.13. The molecule has 26 heavy (non-hydrogen) atoms. The molecule has 0 spiro atoms. The predicted octanol–water partition coefficient (Wildman–Crippen LogP) is 3.06. The number of amides is 1. The molecule has 1 aliphatic rings. The Morgan fingerprint density at radius 2 is 2.08 bits per heavy atom. The molecule has 2 aromatic carbocycles. The number of nitrogens with zero attached hydrogens (tertiary/aromatic N) is 1. The molecule has 136 valence electrons. The third-order valence-electron chi connectivity index (χ3n) is 3.70. The van der Waals surface area contributed by atoms with Gasteiger partial charge in [-0.1, -0.05) is 17.7 Å². The molecule has 0 saturated heterocycles. The van der Waals surface area contributed by atoms with Crippen LogP contribution in [-0.2, 0) is 11.3 Å². The number of hydrogen-bond donors (Lipinski definition) is 1. The van der Waals surface area contributed by atoms with Crippen LogP contribution in [0.4, 0.5) is 5.69 Å². The van der Waals surface area contributed by atoms with Crippen molar-refractivity contribution in [3.63, 3.8) is 0 Å². The highest BCUT2D eigenvalue weighted by Gasteiger charge is 2.18. The van der Waals surface area contributed by atoms with Crippen molar-refractivity contribution >= 4 is 23.2 Å². The zero-order valence-electron chi connectivity index (χ0n) is 13.7. The second-order valence-corrected chi connectivity index (χ2v) is 5.94. The second-order valence-electron chi connectivity index (χ2n) is 5.54. The molecule has 1 heterocycles. The highest BCUT2D eigenvalue weighted by molar-refractivity contribution is 6.32. The van der Waals surface area contributed by atoms with Gasteiger partial charge in [-0.05, 0) is 30.7 Å². The number of rotatable bonds is 6. The van der Waals surface area contributed by atoms with Gasteiger partial charge in [-0.2, -0.15) is 0 Å². The van der Waals surface area contributed by atoms with Gasteiger partial charge in [0.2, 0.25) is 6.79 Å². The van der Waals surface area contributed by atoms with Crippen molar-refractivity contribution in [2.45, 2.75) is 19.6 Å². The van der Waals surface area contributed by atoms with Crippen molar-refractivity contribution in [2.24, 2.45) is 0 Å². The minimum absolute atomic E-state index is 0.0645. The number of carbonyl (C=O) groups is 1. The topological polar surface area (TPSA) is 99.9 Å². The molecule has 0 aliphatic carbocycles. The largest absolute Gasteiger partial charge is 0.479 e. The third kappa shape index (κ3) is 3.97. The van der Waals surface area contributed by atoms with Gasteiger partial charge < -0.3 is 19.5 Å². The summed E-state index contributed by atoms with van der Waals surface area (Å²) in [6.07, 6.45) is -0.831. The first-order valence-corrected chi connectivity index (χ1v) is 8.08. The van der Waals surface area contributed by atoms with Gasteiger partial charge in [0.05, 0.1) is 9.95 Å². The Labute approximate surface area is 153 Å². The van der Waals surface area contributed by atoms with Crippen molar-refractivity contribution in [2.75, 3.05) is 6.79 Å². The Hall–Kier alpha value is -3.00. The fraction of sp³-hybridized carbons (Fsp3) is 0.235. The lowest BCUT2D eigenvalue weighted by molar-refractivity contribution is -0.384. The van der Waals surface area contributed by atoms with E-state index in [1.165, 1.54) is 18.2 Å². The zero-order valence-corrected chi connectivity index (χ0v) is 14.5. The summed E-state index contributed by atoms with van der Waals surface area (Å²) in [4.78, 5) is 22.3. The van der Waals surface area contributed by atoms with E-state index in [1.54, 1.807) is 19.1 Å². The minimum atomic E-state index is -0.831. The quantitative estimate of drug-likeness (QED) is 0.612. The maximum Gasteiger partial charge on any atom is 0.271 e. The highest BCUT2D eigenvalue weighted by Crippen LogP contribution is 2.32. The number of fused-ring (bicyclic) bond motifs is 1. The molecule has 2 aromatic rings. The highest BCUT2D eigenvalue weighted by atomic mass is 35.5. The van der Waals surface area contributed by atoms with E-state index < -0.39 is 11.0 Å². The second kappa shape index (κ2) is 7.49. The number of non-ortho nitro benzene ring substituents is 1. The molecule has 1 aliphatic heterocycles. The molecule has 8 nitrogen and oxygen atoms in total. The van der Waals surface area contributed by atoms with Gasteiger partial charge in [0.15, 0.2) is 17.6 Å². The van der Waals surface area contributed by atoms with Crippen LogP contribution >= 0.6 is 11.6 Å². The number of nitrogens with one attached hydrogen (secondary N) is 1. The monoisotopic (exact) mass is 378 g/mol. The Balaban J connectivity index is 1.57. The first-order chi connectivity index (χ1) is 12.4. The summed E-state index contributed by atoms with van der Waals surface area (Å²) in [5, 5.41) is 13.5. The summed E-state index contributed by atoms with van der Waals surface area (Å²) in [5.41, 5.74) is 0.699. The lowest BCUT2D eigenvalue weighted by Gasteiger charge is -2.15. The SMILES string of the molecule is C[C@@H](Oc1ccc([N+](=O)[O-])cc1Cl)C(=O)NCc1ccc2c(c1)OCO2. The van der Waals surface area contributed by atoms with Crippen molar-refractivity contribution in [3.05, 3.63) is 57.1 Å².